The van der Waals surface area contributed by atoms with Crippen LogP contribution in [0, 0.1) is 0 Å². The molecule has 2 rings (SSSR count). The normalized spacial score (nSPS) is 11.3. The van der Waals surface area contributed by atoms with Gasteiger partial charge in [-0.25, -0.2) is 8.42 Å². The Kier molecular flexibility index (Phi) is 4.40. The van der Waals surface area contributed by atoms with E-state index in [0.717, 1.165) is 16.3 Å². The van der Waals surface area contributed by atoms with Crippen molar-refractivity contribution in [2.24, 2.45) is 0 Å². The lowest BCUT2D eigenvalue weighted by molar-refractivity contribution is 0.0992. The number of sulfone groups is 1. The minimum Gasteiger partial charge on any atom is -0.294 e. The summed E-state index contributed by atoms with van der Waals surface area (Å²) in [5.74, 6) is -0.109. The lowest BCUT2D eigenvalue weighted by atomic mass is 10.0. The highest BCUT2D eigenvalue weighted by Gasteiger charge is 2.13. The van der Waals surface area contributed by atoms with Gasteiger partial charge in [0.15, 0.2) is 15.6 Å². The van der Waals surface area contributed by atoms with Crippen molar-refractivity contribution >= 4 is 31.6 Å². The minimum absolute atomic E-state index is 0.109. The number of halogens is 1. The molecule has 0 saturated carbocycles. The topological polar surface area (TPSA) is 51.2 Å². The molecule has 20 heavy (non-hydrogen) atoms. The fraction of sp³-hybridized carbons (Fsp3) is 0.133. The summed E-state index contributed by atoms with van der Waals surface area (Å²) < 4.78 is 23.9. The first kappa shape index (κ1) is 14.9. The molecule has 0 fully saturated rings. The van der Waals surface area contributed by atoms with Crippen LogP contribution in [-0.4, -0.2) is 20.5 Å². The number of rotatable bonds is 4. The van der Waals surface area contributed by atoms with Gasteiger partial charge < -0.3 is 0 Å². The SMILES string of the molecule is CS(=O)(=O)c1cccc(C(=O)Cc2ccccc2Br)c1. The molecule has 0 atom stereocenters. The quantitative estimate of drug-likeness (QED) is 0.793. The van der Waals surface area contributed by atoms with Gasteiger partial charge >= 0.3 is 0 Å². The molecule has 0 spiro atoms. The molecule has 0 bridgehead atoms. The Morgan fingerprint density at radius 2 is 1.80 bits per heavy atom. The smallest absolute Gasteiger partial charge is 0.175 e. The Morgan fingerprint density at radius 1 is 1.10 bits per heavy atom. The van der Waals surface area contributed by atoms with Crippen LogP contribution in [-0.2, 0) is 16.3 Å². The minimum atomic E-state index is -3.30. The summed E-state index contributed by atoms with van der Waals surface area (Å²) in [5, 5.41) is 0. The molecule has 0 aromatic heterocycles. The van der Waals surface area contributed by atoms with Gasteiger partial charge in [-0.3, -0.25) is 4.79 Å². The Hall–Kier alpha value is -1.46. The molecule has 0 heterocycles. The predicted octanol–water partition coefficient (Wildman–Crippen LogP) is 3.28. The van der Waals surface area contributed by atoms with Crippen LogP contribution >= 0.6 is 15.9 Å². The van der Waals surface area contributed by atoms with Crippen molar-refractivity contribution in [3.63, 3.8) is 0 Å². The van der Waals surface area contributed by atoms with Gasteiger partial charge in [-0.1, -0.05) is 46.3 Å². The van der Waals surface area contributed by atoms with Crippen LogP contribution in [0.3, 0.4) is 0 Å². The van der Waals surface area contributed by atoms with Crippen molar-refractivity contribution in [1.29, 1.82) is 0 Å². The van der Waals surface area contributed by atoms with Crippen molar-refractivity contribution in [1.82, 2.24) is 0 Å². The molecule has 0 N–H and O–H groups in total. The zero-order chi connectivity index (χ0) is 14.8. The van der Waals surface area contributed by atoms with E-state index in [-0.39, 0.29) is 17.1 Å². The summed E-state index contributed by atoms with van der Waals surface area (Å²) in [6.45, 7) is 0. The largest absolute Gasteiger partial charge is 0.294 e. The molecular weight excluding hydrogens is 340 g/mol. The second kappa shape index (κ2) is 5.89. The van der Waals surface area contributed by atoms with Gasteiger partial charge in [0.25, 0.3) is 0 Å². The second-order valence-corrected chi connectivity index (χ2v) is 7.36. The van der Waals surface area contributed by atoms with Crippen LogP contribution in [0.2, 0.25) is 0 Å². The summed E-state index contributed by atoms with van der Waals surface area (Å²) in [7, 11) is -3.30. The average molecular weight is 353 g/mol. The lowest BCUT2D eigenvalue weighted by Crippen LogP contribution is -2.06. The molecule has 0 saturated heterocycles. The second-order valence-electron chi connectivity index (χ2n) is 4.49. The van der Waals surface area contributed by atoms with Crippen LogP contribution in [0.4, 0.5) is 0 Å². The van der Waals surface area contributed by atoms with Gasteiger partial charge in [-0.05, 0) is 23.8 Å². The first-order valence-corrected chi connectivity index (χ1v) is 8.63. The summed E-state index contributed by atoms with van der Waals surface area (Å²) >= 11 is 3.40. The highest BCUT2D eigenvalue weighted by Crippen LogP contribution is 2.19. The number of carbonyl (C=O) groups excluding carboxylic acids is 1. The van der Waals surface area contributed by atoms with Gasteiger partial charge in [0.1, 0.15) is 0 Å². The van der Waals surface area contributed by atoms with E-state index in [0.29, 0.717) is 5.56 Å². The van der Waals surface area contributed by atoms with E-state index >= 15 is 0 Å². The van der Waals surface area contributed by atoms with Gasteiger partial charge in [0, 0.05) is 22.7 Å². The Labute approximate surface area is 126 Å². The maximum Gasteiger partial charge on any atom is 0.175 e. The number of hydrogen-bond acceptors (Lipinski definition) is 3. The monoisotopic (exact) mass is 352 g/mol. The van der Waals surface area contributed by atoms with Gasteiger partial charge in [-0.2, -0.15) is 0 Å². The Bertz CT molecular complexity index is 751. The fourth-order valence-corrected chi connectivity index (χ4v) is 2.91. The van der Waals surface area contributed by atoms with Gasteiger partial charge in [-0.15, -0.1) is 0 Å². The standard InChI is InChI=1S/C15H13BrO3S/c1-20(18,19)13-7-4-6-12(9-13)15(17)10-11-5-2-3-8-14(11)16/h2-9H,10H2,1H3. The molecule has 3 nitrogen and oxygen atoms in total. The average Bonchev–Trinajstić information content (AvgIpc) is 2.40. The number of ketones is 1. The van der Waals surface area contributed by atoms with Gasteiger partial charge in [0.2, 0.25) is 0 Å². The van der Waals surface area contributed by atoms with Gasteiger partial charge in [0.05, 0.1) is 4.90 Å². The highest BCUT2D eigenvalue weighted by molar-refractivity contribution is 9.10. The summed E-state index contributed by atoms with van der Waals surface area (Å²) in [6, 6.07) is 13.6. The number of benzene rings is 2. The zero-order valence-corrected chi connectivity index (χ0v) is 13.2. The van der Waals surface area contributed by atoms with Crippen LogP contribution in [0.25, 0.3) is 0 Å². The molecule has 104 valence electrons. The summed E-state index contributed by atoms with van der Waals surface area (Å²) in [4.78, 5) is 12.4. The van der Waals surface area contributed by atoms with Crippen LogP contribution in [0.5, 0.6) is 0 Å². The zero-order valence-electron chi connectivity index (χ0n) is 10.8. The number of hydrogen-bond donors (Lipinski definition) is 0. The van der Waals surface area contributed by atoms with E-state index in [9.17, 15) is 13.2 Å². The number of carbonyl (C=O) groups is 1. The van der Waals surface area contributed by atoms with E-state index in [1.54, 1.807) is 12.1 Å². The van der Waals surface area contributed by atoms with Crippen molar-refractivity contribution in [2.75, 3.05) is 6.26 Å². The Morgan fingerprint density at radius 3 is 2.45 bits per heavy atom. The highest BCUT2D eigenvalue weighted by atomic mass is 79.9. The maximum atomic E-state index is 12.2. The van der Waals surface area contributed by atoms with Crippen molar-refractivity contribution in [3.8, 4) is 0 Å². The van der Waals surface area contributed by atoms with Crippen LogP contribution in [0.15, 0.2) is 57.9 Å². The van der Waals surface area contributed by atoms with E-state index in [1.165, 1.54) is 12.1 Å². The van der Waals surface area contributed by atoms with E-state index in [1.807, 2.05) is 24.3 Å². The van der Waals surface area contributed by atoms with Crippen molar-refractivity contribution < 1.29 is 13.2 Å². The van der Waals surface area contributed by atoms with E-state index in [2.05, 4.69) is 15.9 Å². The fourth-order valence-electron chi connectivity index (χ4n) is 1.82. The first-order chi connectivity index (χ1) is 9.38. The molecule has 0 unspecified atom stereocenters. The molecule has 0 aliphatic rings. The molecule has 2 aromatic carbocycles. The molecule has 0 aliphatic heterocycles. The molecular formula is C15H13BrO3S. The van der Waals surface area contributed by atoms with Crippen molar-refractivity contribution in [3.05, 3.63) is 64.1 Å². The first-order valence-electron chi connectivity index (χ1n) is 5.94. The van der Waals surface area contributed by atoms with Crippen LogP contribution < -0.4 is 0 Å². The lowest BCUT2D eigenvalue weighted by Gasteiger charge is -2.05. The molecule has 0 radical (unpaired) electrons. The maximum absolute atomic E-state index is 12.2. The molecule has 0 aliphatic carbocycles. The van der Waals surface area contributed by atoms with Crippen LogP contribution in [0.1, 0.15) is 15.9 Å². The Balaban J connectivity index is 2.29. The third-order valence-electron chi connectivity index (χ3n) is 2.89. The van der Waals surface area contributed by atoms with E-state index < -0.39 is 9.84 Å². The predicted molar refractivity (Wildman–Crippen MR) is 81.7 cm³/mol. The molecule has 0 amide bonds. The number of Topliss-reactive ketones (excluding diaryl/α,β-unsaturated/α-hetero) is 1. The molecule has 2 aromatic rings. The summed E-state index contributed by atoms with van der Waals surface area (Å²) in [5.41, 5.74) is 1.28. The van der Waals surface area contributed by atoms with E-state index in [4.69, 9.17) is 0 Å². The summed E-state index contributed by atoms with van der Waals surface area (Å²) in [6.07, 6.45) is 1.36. The molecule has 5 heteroatoms. The third kappa shape index (κ3) is 3.55. The third-order valence-corrected chi connectivity index (χ3v) is 4.78. The van der Waals surface area contributed by atoms with Crippen molar-refractivity contribution in [2.45, 2.75) is 11.3 Å².